The predicted octanol–water partition coefficient (Wildman–Crippen LogP) is 1.23. The van der Waals surface area contributed by atoms with Gasteiger partial charge in [0.1, 0.15) is 0 Å². The van der Waals surface area contributed by atoms with Crippen LogP contribution in [0.15, 0.2) is 4.60 Å². The summed E-state index contributed by atoms with van der Waals surface area (Å²) in [6.07, 6.45) is 0. The zero-order valence-electron chi connectivity index (χ0n) is 4.10. The molecule has 0 aromatic carbocycles. The van der Waals surface area contributed by atoms with E-state index in [1.54, 1.807) is 7.05 Å². The molecule has 0 unspecified atom stereocenters. The molecule has 8 heavy (non-hydrogen) atoms. The Hall–Kier alpha value is -0.0900. The Bertz CT molecular complexity index is 177. The molecule has 44 valence electrons. The number of nitrogens with zero attached hydrogens (tertiary/aromatic N) is 3. The Morgan fingerprint density at radius 1 is 1.75 bits per heavy atom. The third kappa shape index (κ3) is 0.855. The van der Waals surface area contributed by atoms with Gasteiger partial charge in [-0.05, 0) is 15.9 Å². The quantitative estimate of drug-likeness (QED) is 0.625. The Kier molecular flexibility index (Phi) is 1.53. The largest absolute Gasteiger partial charge is 0.236 e. The number of aromatic nitrogens is 3. The third-order valence-electron chi connectivity index (χ3n) is 0.721. The molecule has 0 N–H and O–H groups in total. The summed E-state index contributed by atoms with van der Waals surface area (Å²) in [5, 5.41) is 7.74. The van der Waals surface area contributed by atoms with Crippen molar-refractivity contribution in [1.29, 1.82) is 0 Å². The first-order valence-electron chi connectivity index (χ1n) is 1.92. The predicted molar refractivity (Wildman–Crippen MR) is 33.7 cm³/mol. The average molecular weight is 196 g/mol. The molecule has 0 amide bonds. The van der Waals surface area contributed by atoms with E-state index in [0.29, 0.717) is 9.76 Å². The van der Waals surface area contributed by atoms with E-state index in [2.05, 4.69) is 26.2 Å². The molecule has 1 aromatic rings. The van der Waals surface area contributed by atoms with Crippen LogP contribution in [0.4, 0.5) is 0 Å². The number of halogens is 2. The van der Waals surface area contributed by atoms with Crippen molar-refractivity contribution in [3.8, 4) is 0 Å². The summed E-state index contributed by atoms with van der Waals surface area (Å²) in [6, 6.07) is 0. The van der Waals surface area contributed by atoms with Gasteiger partial charge in [-0.25, -0.2) is 4.68 Å². The zero-order chi connectivity index (χ0) is 6.15. The highest BCUT2D eigenvalue weighted by molar-refractivity contribution is 9.10. The van der Waals surface area contributed by atoms with Crippen molar-refractivity contribution in [2.75, 3.05) is 0 Å². The molecule has 5 heteroatoms. The Morgan fingerprint density at radius 2 is 2.38 bits per heavy atom. The summed E-state index contributed by atoms with van der Waals surface area (Å²) in [7, 11) is 1.72. The van der Waals surface area contributed by atoms with Crippen molar-refractivity contribution < 1.29 is 0 Å². The van der Waals surface area contributed by atoms with E-state index in [1.807, 2.05) is 0 Å². The zero-order valence-corrected chi connectivity index (χ0v) is 6.44. The maximum absolute atomic E-state index is 5.58. The molecule has 1 rings (SSSR count). The maximum atomic E-state index is 5.58. The first-order chi connectivity index (χ1) is 3.72. The van der Waals surface area contributed by atoms with Gasteiger partial charge in [0.2, 0.25) is 0 Å². The van der Waals surface area contributed by atoms with E-state index >= 15 is 0 Å². The molecule has 1 heterocycles. The summed E-state index contributed by atoms with van der Waals surface area (Å²) in [6.45, 7) is 0. The smallest absolute Gasteiger partial charge is 0.167 e. The van der Waals surface area contributed by atoms with Gasteiger partial charge in [0.25, 0.3) is 0 Å². The summed E-state index contributed by atoms with van der Waals surface area (Å²) in [5.41, 5.74) is 0. The minimum Gasteiger partial charge on any atom is -0.236 e. The van der Waals surface area contributed by atoms with Crippen LogP contribution >= 0.6 is 27.5 Å². The highest BCUT2D eigenvalue weighted by Gasteiger charge is 2.00. The van der Waals surface area contributed by atoms with Crippen molar-refractivity contribution in [3.63, 3.8) is 0 Å². The van der Waals surface area contributed by atoms with E-state index in [-0.39, 0.29) is 0 Å². The minimum absolute atomic E-state index is 0.519. The van der Waals surface area contributed by atoms with Gasteiger partial charge in [0.05, 0.1) is 0 Å². The fraction of sp³-hybridized carbons (Fsp3) is 0.333. The summed E-state index contributed by atoms with van der Waals surface area (Å²) < 4.78 is 2.06. The van der Waals surface area contributed by atoms with Crippen LogP contribution in [0, 0.1) is 0 Å². The van der Waals surface area contributed by atoms with Crippen molar-refractivity contribution in [1.82, 2.24) is 15.0 Å². The molecule has 0 aliphatic carbocycles. The van der Waals surface area contributed by atoms with Gasteiger partial charge in [-0.15, -0.1) is 5.10 Å². The van der Waals surface area contributed by atoms with Crippen LogP contribution in [0.1, 0.15) is 0 Å². The van der Waals surface area contributed by atoms with E-state index < -0.39 is 0 Å². The average Bonchev–Trinajstić information content (AvgIpc) is 1.98. The molecular formula is C3H3BrClN3. The molecule has 0 saturated heterocycles. The standard InChI is InChI=1S/C3H3BrClN3/c1-8-3(5)2(4)6-7-8/h1H3. The van der Waals surface area contributed by atoms with Crippen molar-refractivity contribution in [2.45, 2.75) is 0 Å². The number of hydrogen-bond donors (Lipinski definition) is 0. The fourth-order valence-corrected chi connectivity index (χ4v) is 0.720. The lowest BCUT2D eigenvalue weighted by molar-refractivity contribution is 0.715. The van der Waals surface area contributed by atoms with Crippen LogP contribution in [-0.2, 0) is 7.05 Å². The van der Waals surface area contributed by atoms with Gasteiger partial charge in [-0.3, -0.25) is 0 Å². The lowest BCUT2D eigenvalue weighted by Gasteiger charge is -1.83. The molecule has 0 saturated carbocycles. The van der Waals surface area contributed by atoms with Gasteiger partial charge in [-0.2, -0.15) is 0 Å². The van der Waals surface area contributed by atoms with Crippen molar-refractivity contribution in [2.24, 2.45) is 7.05 Å². The Labute approximate surface area is 59.8 Å². The van der Waals surface area contributed by atoms with E-state index in [9.17, 15) is 0 Å². The van der Waals surface area contributed by atoms with Crippen LogP contribution in [0.25, 0.3) is 0 Å². The Morgan fingerprint density at radius 3 is 2.50 bits per heavy atom. The SMILES string of the molecule is Cn1nnc(Br)c1Cl. The molecule has 0 bridgehead atoms. The molecule has 3 nitrogen and oxygen atoms in total. The number of aryl methyl sites for hydroxylation is 1. The van der Waals surface area contributed by atoms with E-state index in [4.69, 9.17) is 11.6 Å². The van der Waals surface area contributed by atoms with Crippen molar-refractivity contribution in [3.05, 3.63) is 9.76 Å². The summed E-state index contributed by atoms with van der Waals surface area (Å²) in [5.74, 6) is 0. The third-order valence-corrected chi connectivity index (χ3v) is 1.91. The number of hydrogen-bond acceptors (Lipinski definition) is 2. The minimum atomic E-state index is 0.519. The maximum Gasteiger partial charge on any atom is 0.167 e. The molecule has 0 fully saturated rings. The van der Waals surface area contributed by atoms with Crippen LogP contribution in [0.3, 0.4) is 0 Å². The normalized spacial score (nSPS) is 9.88. The first kappa shape index (κ1) is 6.04. The fourth-order valence-electron chi connectivity index (χ4n) is 0.320. The molecule has 0 aliphatic heterocycles. The van der Waals surface area contributed by atoms with Gasteiger partial charge >= 0.3 is 0 Å². The van der Waals surface area contributed by atoms with Gasteiger partial charge in [-0.1, -0.05) is 16.8 Å². The topological polar surface area (TPSA) is 30.7 Å². The lowest BCUT2D eigenvalue weighted by atomic mass is 10.9. The molecular weight excluding hydrogens is 193 g/mol. The molecule has 0 radical (unpaired) electrons. The van der Waals surface area contributed by atoms with Crippen LogP contribution in [0.5, 0.6) is 0 Å². The summed E-state index contributed by atoms with van der Waals surface area (Å²) in [4.78, 5) is 0. The molecule has 0 atom stereocenters. The molecule has 0 spiro atoms. The highest BCUT2D eigenvalue weighted by atomic mass is 79.9. The van der Waals surface area contributed by atoms with Crippen LogP contribution in [-0.4, -0.2) is 15.0 Å². The lowest BCUT2D eigenvalue weighted by Crippen LogP contribution is -1.88. The first-order valence-corrected chi connectivity index (χ1v) is 3.09. The van der Waals surface area contributed by atoms with Gasteiger partial charge in [0, 0.05) is 7.05 Å². The summed E-state index contributed by atoms with van der Waals surface area (Å²) >= 11 is 8.67. The van der Waals surface area contributed by atoms with E-state index in [0.717, 1.165) is 0 Å². The Balaban J connectivity index is 3.19. The second kappa shape index (κ2) is 2.03. The highest BCUT2D eigenvalue weighted by Crippen LogP contribution is 2.16. The molecule has 0 aliphatic rings. The van der Waals surface area contributed by atoms with E-state index in [1.165, 1.54) is 4.68 Å². The van der Waals surface area contributed by atoms with Gasteiger partial charge < -0.3 is 0 Å². The number of rotatable bonds is 0. The second-order valence-corrected chi connectivity index (χ2v) is 2.40. The monoisotopic (exact) mass is 195 g/mol. The van der Waals surface area contributed by atoms with Crippen LogP contribution < -0.4 is 0 Å². The second-order valence-electron chi connectivity index (χ2n) is 1.29. The van der Waals surface area contributed by atoms with Gasteiger partial charge in [0.15, 0.2) is 9.76 Å². The van der Waals surface area contributed by atoms with Crippen molar-refractivity contribution >= 4 is 27.5 Å². The van der Waals surface area contributed by atoms with Crippen LogP contribution in [0.2, 0.25) is 5.15 Å². The molecule has 1 aromatic heterocycles.